The van der Waals surface area contributed by atoms with Gasteiger partial charge in [0.2, 0.25) is 0 Å². The first-order chi connectivity index (χ1) is 8.41. The SMILES string of the molecule is CC(C)c1ccc2c(c1)N(C(C)C)C(=O)N(C)C2. The maximum absolute atomic E-state index is 12.3. The third-order valence-corrected chi connectivity index (χ3v) is 3.49. The normalized spacial score (nSPS) is 15.6. The van der Waals surface area contributed by atoms with Crippen molar-refractivity contribution in [3.05, 3.63) is 29.3 Å². The maximum atomic E-state index is 12.3. The van der Waals surface area contributed by atoms with Crippen LogP contribution in [0.1, 0.15) is 44.7 Å². The summed E-state index contributed by atoms with van der Waals surface area (Å²) in [6, 6.07) is 6.78. The van der Waals surface area contributed by atoms with Gasteiger partial charge in [0.15, 0.2) is 0 Å². The van der Waals surface area contributed by atoms with Crippen LogP contribution in [0, 0.1) is 0 Å². The summed E-state index contributed by atoms with van der Waals surface area (Å²) in [5, 5.41) is 0. The van der Waals surface area contributed by atoms with Crippen LogP contribution < -0.4 is 4.90 Å². The fraction of sp³-hybridized carbons (Fsp3) is 0.533. The van der Waals surface area contributed by atoms with E-state index in [1.54, 1.807) is 4.90 Å². The molecule has 2 amide bonds. The highest BCUT2D eigenvalue weighted by Crippen LogP contribution is 2.32. The molecule has 1 aromatic carbocycles. The van der Waals surface area contributed by atoms with E-state index in [4.69, 9.17) is 0 Å². The lowest BCUT2D eigenvalue weighted by Gasteiger charge is -2.38. The minimum atomic E-state index is 0.0957. The number of hydrogen-bond acceptors (Lipinski definition) is 1. The number of anilines is 1. The molecule has 0 saturated carbocycles. The summed E-state index contributed by atoms with van der Waals surface area (Å²) in [6.45, 7) is 9.18. The van der Waals surface area contributed by atoms with Crippen LogP contribution in [0.5, 0.6) is 0 Å². The molecular formula is C15H22N2O. The standard InChI is InChI=1S/C15H22N2O/c1-10(2)12-6-7-13-9-16(5)15(18)17(11(3)4)14(13)8-12/h6-8,10-11H,9H2,1-5H3. The van der Waals surface area contributed by atoms with Crippen molar-refractivity contribution in [1.29, 1.82) is 0 Å². The molecule has 1 heterocycles. The molecule has 2 rings (SSSR count). The maximum Gasteiger partial charge on any atom is 0.324 e. The topological polar surface area (TPSA) is 23.6 Å². The Morgan fingerprint density at radius 3 is 2.39 bits per heavy atom. The average molecular weight is 246 g/mol. The number of urea groups is 1. The molecule has 0 aliphatic carbocycles. The molecular weight excluding hydrogens is 224 g/mol. The first-order valence-corrected chi connectivity index (χ1v) is 6.59. The van der Waals surface area contributed by atoms with Crippen LogP contribution in [0.25, 0.3) is 0 Å². The number of hydrogen-bond donors (Lipinski definition) is 0. The molecule has 3 nitrogen and oxygen atoms in total. The monoisotopic (exact) mass is 246 g/mol. The van der Waals surface area contributed by atoms with E-state index in [0.29, 0.717) is 12.5 Å². The van der Waals surface area contributed by atoms with Crippen LogP contribution in [-0.4, -0.2) is 24.0 Å². The minimum Gasteiger partial charge on any atom is -0.323 e. The largest absolute Gasteiger partial charge is 0.324 e. The first kappa shape index (κ1) is 12.9. The summed E-state index contributed by atoms with van der Waals surface area (Å²) in [4.78, 5) is 15.9. The van der Waals surface area contributed by atoms with Crippen molar-refractivity contribution in [3.8, 4) is 0 Å². The van der Waals surface area contributed by atoms with Gasteiger partial charge in [-0.2, -0.15) is 0 Å². The zero-order chi connectivity index (χ0) is 13.4. The van der Waals surface area contributed by atoms with Crippen LogP contribution in [0.4, 0.5) is 10.5 Å². The Labute approximate surface area is 109 Å². The van der Waals surface area contributed by atoms with Crippen molar-refractivity contribution in [2.45, 2.75) is 46.2 Å². The molecule has 1 aliphatic heterocycles. The predicted octanol–water partition coefficient (Wildman–Crippen LogP) is 3.59. The Bertz CT molecular complexity index is 466. The van der Waals surface area contributed by atoms with E-state index < -0.39 is 0 Å². The second kappa shape index (κ2) is 4.63. The van der Waals surface area contributed by atoms with Gasteiger partial charge in [0.25, 0.3) is 0 Å². The first-order valence-electron chi connectivity index (χ1n) is 6.59. The fourth-order valence-corrected chi connectivity index (χ4v) is 2.41. The lowest BCUT2D eigenvalue weighted by atomic mass is 9.98. The van der Waals surface area contributed by atoms with Gasteiger partial charge < -0.3 is 4.90 Å². The molecule has 0 spiro atoms. The quantitative estimate of drug-likeness (QED) is 0.782. The van der Waals surface area contributed by atoms with E-state index in [-0.39, 0.29) is 12.1 Å². The second-order valence-electron chi connectivity index (χ2n) is 5.65. The van der Waals surface area contributed by atoms with Crippen molar-refractivity contribution >= 4 is 11.7 Å². The number of nitrogens with zero attached hydrogens (tertiary/aromatic N) is 2. The number of carbonyl (C=O) groups is 1. The van der Waals surface area contributed by atoms with Gasteiger partial charge >= 0.3 is 6.03 Å². The predicted molar refractivity (Wildman–Crippen MR) is 75.0 cm³/mol. The van der Waals surface area contributed by atoms with E-state index in [9.17, 15) is 4.79 Å². The summed E-state index contributed by atoms with van der Waals surface area (Å²) in [5.74, 6) is 0.485. The van der Waals surface area contributed by atoms with Gasteiger partial charge in [-0.1, -0.05) is 26.0 Å². The molecule has 0 unspecified atom stereocenters. The van der Waals surface area contributed by atoms with Gasteiger partial charge in [-0.3, -0.25) is 4.90 Å². The van der Waals surface area contributed by atoms with Gasteiger partial charge in [0.05, 0.1) is 5.69 Å². The third kappa shape index (κ3) is 2.09. The van der Waals surface area contributed by atoms with Gasteiger partial charge in [-0.15, -0.1) is 0 Å². The zero-order valence-electron chi connectivity index (χ0n) is 11.9. The summed E-state index contributed by atoms with van der Waals surface area (Å²) in [7, 11) is 1.86. The molecule has 1 aliphatic rings. The second-order valence-corrected chi connectivity index (χ2v) is 5.65. The van der Waals surface area contributed by atoms with Crippen LogP contribution in [0.15, 0.2) is 18.2 Å². The van der Waals surface area contributed by atoms with Gasteiger partial charge in [-0.25, -0.2) is 4.79 Å². The molecule has 0 fully saturated rings. The highest BCUT2D eigenvalue weighted by molar-refractivity contribution is 5.95. The van der Waals surface area contributed by atoms with Crippen molar-refractivity contribution < 1.29 is 4.79 Å². The third-order valence-electron chi connectivity index (χ3n) is 3.49. The Morgan fingerprint density at radius 2 is 1.83 bits per heavy atom. The lowest BCUT2D eigenvalue weighted by molar-refractivity contribution is 0.208. The summed E-state index contributed by atoms with van der Waals surface area (Å²) in [5.41, 5.74) is 3.60. The molecule has 0 aromatic heterocycles. The van der Waals surface area contributed by atoms with Gasteiger partial charge in [0.1, 0.15) is 0 Å². The molecule has 0 saturated heterocycles. The molecule has 0 bridgehead atoms. The van der Waals surface area contributed by atoms with E-state index in [1.807, 2.05) is 11.9 Å². The fourth-order valence-electron chi connectivity index (χ4n) is 2.41. The van der Waals surface area contributed by atoms with E-state index in [1.165, 1.54) is 11.1 Å². The Morgan fingerprint density at radius 1 is 1.17 bits per heavy atom. The smallest absolute Gasteiger partial charge is 0.323 e. The van der Waals surface area contributed by atoms with Crippen LogP contribution in [0.3, 0.4) is 0 Å². The molecule has 0 radical (unpaired) electrons. The molecule has 18 heavy (non-hydrogen) atoms. The number of benzene rings is 1. The number of fused-ring (bicyclic) bond motifs is 1. The van der Waals surface area contributed by atoms with Gasteiger partial charge in [0, 0.05) is 19.6 Å². The van der Waals surface area contributed by atoms with Crippen molar-refractivity contribution in [2.24, 2.45) is 0 Å². The molecule has 1 aromatic rings. The Hall–Kier alpha value is -1.51. The van der Waals surface area contributed by atoms with Crippen molar-refractivity contribution in [3.63, 3.8) is 0 Å². The Kier molecular flexibility index (Phi) is 3.33. The summed E-state index contributed by atoms with van der Waals surface area (Å²) >= 11 is 0. The molecule has 98 valence electrons. The van der Waals surface area contributed by atoms with Crippen LogP contribution in [-0.2, 0) is 6.54 Å². The minimum absolute atomic E-state index is 0.0957. The van der Waals surface area contributed by atoms with E-state index in [0.717, 1.165) is 5.69 Å². The molecule has 0 N–H and O–H groups in total. The lowest BCUT2D eigenvalue weighted by Crippen LogP contribution is -2.48. The van der Waals surface area contributed by atoms with E-state index in [2.05, 4.69) is 45.9 Å². The number of rotatable bonds is 2. The highest BCUT2D eigenvalue weighted by Gasteiger charge is 2.30. The zero-order valence-corrected chi connectivity index (χ0v) is 11.9. The number of amides is 2. The van der Waals surface area contributed by atoms with Gasteiger partial charge in [-0.05, 0) is 37.0 Å². The highest BCUT2D eigenvalue weighted by atomic mass is 16.2. The average Bonchev–Trinajstić information content (AvgIpc) is 2.29. The Balaban J connectivity index is 2.52. The van der Waals surface area contributed by atoms with Crippen molar-refractivity contribution in [1.82, 2.24) is 4.90 Å². The van der Waals surface area contributed by atoms with E-state index >= 15 is 0 Å². The van der Waals surface area contributed by atoms with Crippen LogP contribution >= 0.6 is 0 Å². The molecule has 3 heteroatoms. The number of carbonyl (C=O) groups excluding carboxylic acids is 1. The summed E-state index contributed by atoms with van der Waals surface area (Å²) < 4.78 is 0. The van der Waals surface area contributed by atoms with Crippen molar-refractivity contribution in [2.75, 3.05) is 11.9 Å². The molecule has 0 atom stereocenters. The summed E-state index contributed by atoms with van der Waals surface area (Å²) in [6.07, 6.45) is 0. The van der Waals surface area contributed by atoms with Crippen LogP contribution in [0.2, 0.25) is 0 Å².